The first kappa shape index (κ1) is 15.6. The van der Waals surface area contributed by atoms with Gasteiger partial charge < -0.3 is 5.11 Å². The van der Waals surface area contributed by atoms with E-state index in [1.165, 1.54) is 42.6 Å². The predicted molar refractivity (Wildman–Crippen MR) is 84.0 cm³/mol. The summed E-state index contributed by atoms with van der Waals surface area (Å²) in [6.45, 7) is 0. The van der Waals surface area contributed by atoms with Crippen LogP contribution < -0.4 is 5.43 Å². The van der Waals surface area contributed by atoms with Gasteiger partial charge in [-0.3, -0.25) is 14.9 Å². The minimum absolute atomic E-state index is 0.0269. The van der Waals surface area contributed by atoms with Gasteiger partial charge in [-0.2, -0.15) is 5.10 Å². The van der Waals surface area contributed by atoms with Crippen molar-refractivity contribution in [1.82, 2.24) is 5.43 Å². The molecule has 0 spiro atoms. The average molecular weight is 364 g/mol. The summed E-state index contributed by atoms with van der Waals surface area (Å²) in [7, 11) is 0. The number of non-ortho nitro benzene ring substituents is 1. The second kappa shape index (κ2) is 6.81. The molecule has 0 unspecified atom stereocenters. The van der Waals surface area contributed by atoms with Gasteiger partial charge in [0.25, 0.3) is 11.6 Å². The van der Waals surface area contributed by atoms with E-state index in [0.29, 0.717) is 10.0 Å². The molecule has 0 saturated carbocycles. The topological polar surface area (TPSA) is 105 Å². The zero-order valence-corrected chi connectivity index (χ0v) is 12.6. The Labute approximate surface area is 133 Å². The van der Waals surface area contributed by atoms with Crippen LogP contribution in [0.5, 0.6) is 5.75 Å². The largest absolute Gasteiger partial charge is 0.507 e. The van der Waals surface area contributed by atoms with Gasteiger partial charge in [-0.25, -0.2) is 5.43 Å². The summed E-state index contributed by atoms with van der Waals surface area (Å²) in [6, 6.07) is 10.2. The molecule has 22 heavy (non-hydrogen) atoms. The SMILES string of the molecule is O=C(N/N=C/c1ccc([N+](=O)[O-])cc1)c1ccc(Br)cc1O. The fourth-order valence-electron chi connectivity index (χ4n) is 1.60. The Bertz CT molecular complexity index is 744. The molecule has 0 aromatic heterocycles. The molecule has 8 heteroatoms. The average Bonchev–Trinajstić information content (AvgIpc) is 2.47. The molecule has 0 saturated heterocycles. The molecule has 2 rings (SSSR count). The second-order valence-electron chi connectivity index (χ2n) is 4.21. The quantitative estimate of drug-likeness (QED) is 0.494. The molecule has 2 N–H and O–H groups in total. The van der Waals surface area contributed by atoms with Crippen LogP contribution in [0.1, 0.15) is 15.9 Å². The Kier molecular flexibility index (Phi) is 4.84. The lowest BCUT2D eigenvalue weighted by Gasteiger charge is -2.03. The summed E-state index contributed by atoms with van der Waals surface area (Å²) in [5, 5.41) is 23.9. The number of nitro groups is 1. The number of phenolic OH excluding ortho intramolecular Hbond substituents is 1. The Morgan fingerprint density at radius 2 is 1.95 bits per heavy atom. The van der Waals surface area contributed by atoms with Crippen molar-refractivity contribution in [3.05, 3.63) is 68.2 Å². The molecular formula is C14H10BrN3O4. The first-order chi connectivity index (χ1) is 10.5. The monoisotopic (exact) mass is 363 g/mol. The molecule has 2 aromatic rings. The Morgan fingerprint density at radius 1 is 1.27 bits per heavy atom. The van der Waals surface area contributed by atoms with Crippen LogP contribution in [0.25, 0.3) is 0 Å². The molecule has 7 nitrogen and oxygen atoms in total. The highest BCUT2D eigenvalue weighted by molar-refractivity contribution is 9.10. The molecule has 0 aliphatic heterocycles. The van der Waals surface area contributed by atoms with Gasteiger partial charge in [-0.15, -0.1) is 0 Å². The van der Waals surface area contributed by atoms with Gasteiger partial charge in [-0.05, 0) is 35.9 Å². The normalized spacial score (nSPS) is 10.6. The molecular weight excluding hydrogens is 354 g/mol. The van der Waals surface area contributed by atoms with E-state index in [4.69, 9.17) is 0 Å². The highest BCUT2D eigenvalue weighted by Gasteiger charge is 2.10. The first-order valence-corrected chi connectivity index (χ1v) is 6.83. The number of benzene rings is 2. The van der Waals surface area contributed by atoms with Crippen LogP contribution in [0.2, 0.25) is 0 Å². The Morgan fingerprint density at radius 3 is 2.55 bits per heavy atom. The number of phenols is 1. The smallest absolute Gasteiger partial charge is 0.275 e. The Balaban J connectivity index is 2.02. The number of carbonyl (C=O) groups is 1. The van der Waals surface area contributed by atoms with Crippen LogP contribution in [-0.2, 0) is 0 Å². The summed E-state index contributed by atoms with van der Waals surface area (Å²) >= 11 is 3.18. The van der Waals surface area contributed by atoms with Gasteiger partial charge in [0.15, 0.2) is 0 Å². The number of hydrogen-bond donors (Lipinski definition) is 2. The molecule has 0 bridgehead atoms. The number of nitrogens with one attached hydrogen (secondary N) is 1. The molecule has 1 amide bonds. The van der Waals surface area contributed by atoms with Gasteiger partial charge in [0.1, 0.15) is 5.75 Å². The lowest BCUT2D eigenvalue weighted by atomic mass is 10.2. The van der Waals surface area contributed by atoms with Gasteiger partial charge in [-0.1, -0.05) is 15.9 Å². The number of amides is 1. The third-order valence-electron chi connectivity index (χ3n) is 2.69. The Hall–Kier alpha value is -2.74. The highest BCUT2D eigenvalue weighted by atomic mass is 79.9. The zero-order valence-electron chi connectivity index (χ0n) is 11.1. The van der Waals surface area contributed by atoms with Crippen molar-refractivity contribution >= 4 is 33.7 Å². The van der Waals surface area contributed by atoms with Crippen LogP contribution in [0, 0.1) is 10.1 Å². The van der Waals surface area contributed by atoms with E-state index in [9.17, 15) is 20.0 Å². The predicted octanol–water partition coefficient (Wildman–Crippen LogP) is 2.83. The highest BCUT2D eigenvalue weighted by Crippen LogP contribution is 2.22. The van der Waals surface area contributed by atoms with Crippen LogP contribution >= 0.6 is 15.9 Å². The van der Waals surface area contributed by atoms with Crippen molar-refractivity contribution in [2.45, 2.75) is 0 Å². The molecule has 0 radical (unpaired) electrons. The molecule has 0 aliphatic rings. The number of hydrazone groups is 1. The lowest BCUT2D eigenvalue weighted by Crippen LogP contribution is -2.17. The van der Waals surface area contributed by atoms with Gasteiger partial charge in [0.2, 0.25) is 0 Å². The maximum atomic E-state index is 11.8. The van der Waals surface area contributed by atoms with E-state index in [2.05, 4.69) is 26.5 Å². The van der Waals surface area contributed by atoms with Crippen molar-refractivity contribution in [3.8, 4) is 5.75 Å². The summed E-state index contributed by atoms with van der Waals surface area (Å²) in [6.07, 6.45) is 1.34. The number of halogens is 1. The fraction of sp³-hybridized carbons (Fsp3) is 0. The first-order valence-electron chi connectivity index (χ1n) is 6.04. The number of nitro benzene ring substituents is 1. The van der Waals surface area contributed by atoms with Crippen molar-refractivity contribution < 1.29 is 14.8 Å². The van der Waals surface area contributed by atoms with Crippen molar-refractivity contribution in [2.75, 3.05) is 0 Å². The van der Waals surface area contributed by atoms with E-state index in [-0.39, 0.29) is 17.0 Å². The lowest BCUT2D eigenvalue weighted by molar-refractivity contribution is -0.384. The summed E-state index contributed by atoms with van der Waals surface area (Å²) < 4.78 is 0.649. The fourth-order valence-corrected chi connectivity index (χ4v) is 1.95. The third kappa shape index (κ3) is 3.89. The van der Waals surface area contributed by atoms with Crippen molar-refractivity contribution in [1.29, 1.82) is 0 Å². The van der Waals surface area contributed by atoms with Crippen LogP contribution in [0.15, 0.2) is 52.0 Å². The van der Waals surface area contributed by atoms with Crippen molar-refractivity contribution in [2.24, 2.45) is 5.10 Å². The van der Waals surface area contributed by atoms with E-state index < -0.39 is 10.8 Å². The zero-order chi connectivity index (χ0) is 16.1. The van der Waals surface area contributed by atoms with Gasteiger partial charge >= 0.3 is 0 Å². The summed E-state index contributed by atoms with van der Waals surface area (Å²) in [5.74, 6) is -0.736. The number of rotatable bonds is 4. The van der Waals surface area contributed by atoms with E-state index >= 15 is 0 Å². The number of aromatic hydroxyl groups is 1. The summed E-state index contributed by atoms with van der Waals surface area (Å²) in [5.41, 5.74) is 2.92. The van der Waals surface area contributed by atoms with E-state index in [0.717, 1.165) is 0 Å². The molecule has 0 fully saturated rings. The van der Waals surface area contributed by atoms with E-state index in [1.54, 1.807) is 6.07 Å². The molecule has 0 aliphatic carbocycles. The maximum Gasteiger partial charge on any atom is 0.275 e. The molecule has 0 atom stereocenters. The van der Waals surface area contributed by atoms with Crippen LogP contribution in [0.4, 0.5) is 5.69 Å². The number of carbonyl (C=O) groups excluding carboxylic acids is 1. The molecule has 2 aromatic carbocycles. The maximum absolute atomic E-state index is 11.8. The number of nitrogens with zero attached hydrogens (tertiary/aromatic N) is 2. The minimum atomic E-state index is -0.567. The van der Waals surface area contributed by atoms with Gasteiger partial charge in [0, 0.05) is 16.6 Å². The van der Waals surface area contributed by atoms with Crippen LogP contribution in [0.3, 0.4) is 0 Å². The molecule has 0 heterocycles. The summed E-state index contributed by atoms with van der Waals surface area (Å²) in [4.78, 5) is 21.8. The second-order valence-corrected chi connectivity index (χ2v) is 5.12. The third-order valence-corrected chi connectivity index (χ3v) is 3.18. The number of hydrogen-bond acceptors (Lipinski definition) is 5. The molecule has 112 valence electrons. The standard InChI is InChI=1S/C14H10BrN3O4/c15-10-3-6-12(13(19)7-10)14(20)17-16-8-9-1-4-11(5-2-9)18(21)22/h1-8,19H,(H,17,20)/b16-8+. The van der Waals surface area contributed by atoms with E-state index in [1.807, 2.05) is 0 Å². The van der Waals surface area contributed by atoms with Crippen LogP contribution in [-0.4, -0.2) is 22.2 Å². The minimum Gasteiger partial charge on any atom is -0.507 e. The van der Waals surface area contributed by atoms with Crippen molar-refractivity contribution in [3.63, 3.8) is 0 Å². The van der Waals surface area contributed by atoms with Gasteiger partial charge in [0.05, 0.1) is 16.7 Å².